The molecule has 1 saturated heterocycles. The van der Waals surface area contributed by atoms with Gasteiger partial charge >= 0.3 is 0 Å². The van der Waals surface area contributed by atoms with Crippen molar-refractivity contribution >= 4 is 63.0 Å². The third-order valence-electron chi connectivity index (χ3n) is 5.93. The molecule has 7 nitrogen and oxygen atoms in total. The monoisotopic (exact) mass is 533 g/mol. The van der Waals surface area contributed by atoms with Crippen LogP contribution in [-0.4, -0.2) is 40.6 Å². The number of hydrogen-bond donors (Lipinski definition) is 1. The van der Waals surface area contributed by atoms with Crippen molar-refractivity contribution in [2.24, 2.45) is 0 Å². The minimum atomic E-state index is -0.451. The van der Waals surface area contributed by atoms with E-state index in [4.69, 9.17) is 17.0 Å². The zero-order chi connectivity index (χ0) is 26.1. The number of halogens is 1. The van der Waals surface area contributed by atoms with Gasteiger partial charge in [-0.25, -0.2) is 4.39 Å². The van der Waals surface area contributed by atoms with E-state index < -0.39 is 17.7 Å². The standard InChI is InChI=1S/C27H20FN3O4S2/c1-35-19-12-10-18(11-13-19)29-22(32)15-30-21-5-3-2-4-20(21)23(25(30)33)24-26(34)31(27(36)37-24)14-16-6-8-17(28)9-7-16/h2-13H,14-15H2,1H3,(H,29,32)/b24-23+. The fourth-order valence-corrected chi connectivity index (χ4v) is 5.46. The predicted octanol–water partition coefficient (Wildman–Crippen LogP) is 4.59. The molecule has 37 heavy (non-hydrogen) atoms. The zero-order valence-corrected chi connectivity index (χ0v) is 21.2. The van der Waals surface area contributed by atoms with E-state index in [0.717, 1.165) is 11.8 Å². The maximum Gasteiger partial charge on any atom is 0.267 e. The van der Waals surface area contributed by atoms with Crippen LogP contribution in [0.5, 0.6) is 5.75 Å². The van der Waals surface area contributed by atoms with Crippen molar-refractivity contribution in [1.29, 1.82) is 0 Å². The first-order chi connectivity index (χ1) is 17.9. The summed E-state index contributed by atoms with van der Waals surface area (Å²) in [6.45, 7) is -0.0766. The average molecular weight is 534 g/mol. The van der Waals surface area contributed by atoms with Crippen molar-refractivity contribution in [3.8, 4) is 5.75 Å². The van der Waals surface area contributed by atoms with Crippen LogP contribution in [0.15, 0.2) is 77.7 Å². The minimum Gasteiger partial charge on any atom is -0.497 e. The number of para-hydroxylation sites is 1. The maximum absolute atomic E-state index is 13.6. The molecule has 2 aliphatic heterocycles. The Morgan fingerprint density at radius 3 is 2.38 bits per heavy atom. The van der Waals surface area contributed by atoms with Crippen molar-refractivity contribution in [1.82, 2.24) is 4.90 Å². The van der Waals surface area contributed by atoms with E-state index in [1.165, 1.54) is 21.9 Å². The van der Waals surface area contributed by atoms with Crippen molar-refractivity contribution in [3.63, 3.8) is 0 Å². The van der Waals surface area contributed by atoms with Crippen molar-refractivity contribution in [3.05, 3.63) is 94.6 Å². The lowest BCUT2D eigenvalue weighted by molar-refractivity contribution is -0.122. The van der Waals surface area contributed by atoms with Crippen LogP contribution in [0.4, 0.5) is 15.8 Å². The molecule has 0 radical (unpaired) electrons. The SMILES string of the molecule is COc1ccc(NC(=O)CN2C(=O)/C(=C3/SC(=S)N(Cc4ccc(F)cc4)C3=O)c3ccccc32)cc1. The number of carbonyl (C=O) groups excluding carboxylic acids is 3. The average Bonchev–Trinajstić information content (AvgIpc) is 3.33. The van der Waals surface area contributed by atoms with E-state index >= 15 is 0 Å². The molecular formula is C27H20FN3O4S2. The van der Waals surface area contributed by atoms with E-state index in [2.05, 4.69) is 5.32 Å². The molecule has 0 spiro atoms. The highest BCUT2D eigenvalue weighted by Gasteiger charge is 2.42. The summed E-state index contributed by atoms with van der Waals surface area (Å²) in [5.74, 6) is -0.961. The maximum atomic E-state index is 13.6. The van der Waals surface area contributed by atoms with Crippen LogP contribution in [0.3, 0.4) is 0 Å². The molecule has 0 unspecified atom stereocenters. The van der Waals surface area contributed by atoms with E-state index in [9.17, 15) is 18.8 Å². The number of fused-ring (bicyclic) bond motifs is 1. The second-order valence-electron chi connectivity index (χ2n) is 8.27. The summed E-state index contributed by atoms with van der Waals surface area (Å²) in [5.41, 5.74) is 2.58. The molecule has 0 aliphatic carbocycles. The summed E-state index contributed by atoms with van der Waals surface area (Å²) < 4.78 is 18.7. The lowest BCUT2D eigenvalue weighted by Gasteiger charge is -2.17. The molecule has 0 aromatic heterocycles. The number of thioether (sulfide) groups is 1. The number of benzene rings is 3. The van der Waals surface area contributed by atoms with E-state index in [-0.39, 0.29) is 29.4 Å². The predicted molar refractivity (Wildman–Crippen MR) is 144 cm³/mol. The molecule has 10 heteroatoms. The van der Waals surface area contributed by atoms with Gasteiger partial charge in [0.05, 0.1) is 29.8 Å². The van der Waals surface area contributed by atoms with Gasteiger partial charge in [0.1, 0.15) is 22.4 Å². The fraction of sp³-hybridized carbons (Fsp3) is 0.111. The molecule has 5 rings (SSSR count). The second-order valence-corrected chi connectivity index (χ2v) is 9.92. The van der Waals surface area contributed by atoms with Gasteiger partial charge in [-0.2, -0.15) is 0 Å². The number of anilines is 2. The Hall–Kier alpha value is -4.02. The number of rotatable bonds is 6. The first-order valence-electron chi connectivity index (χ1n) is 11.2. The normalized spacial score (nSPS) is 16.9. The van der Waals surface area contributed by atoms with Crippen molar-refractivity contribution in [2.75, 3.05) is 23.9 Å². The topological polar surface area (TPSA) is 79.0 Å². The van der Waals surface area contributed by atoms with Crippen LogP contribution in [0, 0.1) is 5.82 Å². The number of nitrogens with one attached hydrogen (secondary N) is 1. The van der Waals surface area contributed by atoms with Gasteiger partial charge in [0.2, 0.25) is 5.91 Å². The first-order valence-corrected chi connectivity index (χ1v) is 12.5. The molecule has 186 valence electrons. The number of thiocarbonyl (C=S) groups is 1. The van der Waals surface area contributed by atoms with Crippen LogP contribution in [0.25, 0.3) is 5.57 Å². The number of carbonyl (C=O) groups is 3. The van der Waals surface area contributed by atoms with Gasteiger partial charge in [0, 0.05) is 11.3 Å². The molecule has 3 aromatic carbocycles. The number of amides is 3. The Labute approximate surface area is 221 Å². The van der Waals surface area contributed by atoms with E-state index in [0.29, 0.717) is 32.6 Å². The van der Waals surface area contributed by atoms with Crippen LogP contribution >= 0.6 is 24.0 Å². The number of nitrogens with zero attached hydrogens (tertiary/aromatic N) is 2. The summed E-state index contributed by atoms with van der Waals surface area (Å²) >= 11 is 6.49. The largest absolute Gasteiger partial charge is 0.497 e. The molecule has 2 heterocycles. The molecule has 2 aliphatic rings. The third kappa shape index (κ3) is 4.85. The molecule has 1 fully saturated rings. The second kappa shape index (κ2) is 10.2. The highest BCUT2D eigenvalue weighted by Crippen LogP contribution is 2.44. The summed E-state index contributed by atoms with van der Waals surface area (Å²) in [7, 11) is 1.55. The van der Waals surface area contributed by atoms with Crippen molar-refractivity contribution in [2.45, 2.75) is 6.54 Å². The Kier molecular flexibility index (Phi) is 6.77. The third-order valence-corrected chi connectivity index (χ3v) is 7.38. The molecule has 1 N–H and O–H groups in total. The summed E-state index contributed by atoms with van der Waals surface area (Å²) in [6.07, 6.45) is 0. The van der Waals surface area contributed by atoms with Gasteiger partial charge in [-0.3, -0.25) is 24.2 Å². The van der Waals surface area contributed by atoms with Gasteiger partial charge in [0.15, 0.2) is 0 Å². The van der Waals surface area contributed by atoms with E-state index in [1.807, 2.05) is 0 Å². The summed E-state index contributed by atoms with van der Waals surface area (Å²) in [5, 5.41) is 2.78. The van der Waals surface area contributed by atoms with Crippen LogP contribution in [-0.2, 0) is 20.9 Å². The van der Waals surface area contributed by atoms with Gasteiger partial charge in [-0.05, 0) is 48.0 Å². The molecule has 0 saturated carbocycles. The Morgan fingerprint density at radius 2 is 1.68 bits per heavy atom. The summed E-state index contributed by atoms with van der Waals surface area (Å²) in [4.78, 5) is 42.7. The Bertz CT molecular complexity index is 1460. The van der Waals surface area contributed by atoms with Crippen LogP contribution in [0.2, 0.25) is 0 Å². The number of methoxy groups -OCH3 is 1. The van der Waals surface area contributed by atoms with Crippen LogP contribution < -0.4 is 15.0 Å². The molecule has 3 aromatic rings. The molecule has 0 bridgehead atoms. The van der Waals surface area contributed by atoms with Crippen molar-refractivity contribution < 1.29 is 23.5 Å². The zero-order valence-electron chi connectivity index (χ0n) is 19.6. The molecule has 3 amide bonds. The quantitative estimate of drug-likeness (QED) is 0.369. The van der Waals surface area contributed by atoms with E-state index in [1.54, 1.807) is 67.8 Å². The lowest BCUT2D eigenvalue weighted by atomic mass is 10.1. The highest BCUT2D eigenvalue weighted by atomic mass is 32.2. The highest BCUT2D eigenvalue weighted by molar-refractivity contribution is 8.26. The summed E-state index contributed by atoms with van der Waals surface area (Å²) in [6, 6.07) is 19.7. The smallest absolute Gasteiger partial charge is 0.267 e. The van der Waals surface area contributed by atoms with Gasteiger partial charge in [-0.1, -0.05) is 54.3 Å². The fourth-order valence-electron chi connectivity index (χ4n) is 4.13. The molecular weight excluding hydrogens is 513 g/mol. The first kappa shape index (κ1) is 24.7. The Balaban J connectivity index is 1.40. The minimum absolute atomic E-state index is 0.158. The van der Waals surface area contributed by atoms with Gasteiger partial charge in [0.25, 0.3) is 11.8 Å². The van der Waals surface area contributed by atoms with Crippen LogP contribution in [0.1, 0.15) is 11.1 Å². The number of ether oxygens (including phenoxy) is 1. The lowest BCUT2D eigenvalue weighted by Crippen LogP contribution is -2.35. The van der Waals surface area contributed by atoms with Gasteiger partial charge < -0.3 is 10.1 Å². The van der Waals surface area contributed by atoms with Gasteiger partial charge in [-0.15, -0.1) is 0 Å². The number of hydrogen-bond acceptors (Lipinski definition) is 6. The molecule has 0 atom stereocenters. The Morgan fingerprint density at radius 1 is 0.973 bits per heavy atom.